The Morgan fingerprint density at radius 2 is 2.20 bits per heavy atom. The number of allylic oxidation sites excluding steroid dienone is 1. The Morgan fingerprint density at radius 1 is 1.53 bits per heavy atom. The fourth-order valence-electron chi connectivity index (χ4n) is 1.36. The monoisotopic (exact) mass is 224 g/mol. The Balaban J connectivity index is 2.80. The highest BCUT2D eigenvalue weighted by atomic mass is 32.1. The van der Waals surface area contributed by atoms with Gasteiger partial charge in [0, 0.05) is 15.8 Å². The molecule has 1 heterocycles. The third-order valence-electron chi connectivity index (χ3n) is 2.00. The molecule has 0 saturated heterocycles. The molecule has 0 unspecified atom stereocenters. The minimum absolute atomic E-state index is 0.639. The van der Waals surface area contributed by atoms with Crippen molar-refractivity contribution < 1.29 is 9.90 Å². The van der Waals surface area contributed by atoms with E-state index in [0.29, 0.717) is 5.92 Å². The van der Waals surface area contributed by atoms with Crippen LogP contribution in [0.3, 0.4) is 0 Å². The second kappa shape index (κ2) is 5.12. The van der Waals surface area contributed by atoms with E-state index < -0.39 is 5.97 Å². The van der Waals surface area contributed by atoms with Crippen molar-refractivity contribution >= 4 is 22.9 Å². The highest BCUT2D eigenvalue weighted by Crippen LogP contribution is 2.25. The molecule has 0 atom stereocenters. The van der Waals surface area contributed by atoms with E-state index in [1.807, 2.05) is 13.0 Å². The molecule has 0 aliphatic heterocycles. The van der Waals surface area contributed by atoms with Gasteiger partial charge in [-0.05, 0) is 37.0 Å². The van der Waals surface area contributed by atoms with Gasteiger partial charge in [0.15, 0.2) is 0 Å². The number of rotatable bonds is 4. The van der Waals surface area contributed by atoms with Gasteiger partial charge in [-0.15, -0.1) is 11.3 Å². The van der Waals surface area contributed by atoms with Crippen molar-refractivity contribution in [2.24, 2.45) is 5.92 Å². The number of hydrogen-bond acceptors (Lipinski definition) is 2. The summed E-state index contributed by atoms with van der Waals surface area (Å²) in [6, 6.07) is 4.08. The number of carboxylic acid groups (broad SMARTS) is 1. The molecule has 82 valence electrons. The third kappa shape index (κ3) is 3.88. The Labute approximate surface area is 94.3 Å². The van der Waals surface area contributed by atoms with E-state index in [1.165, 1.54) is 11.0 Å². The van der Waals surface area contributed by atoms with Crippen LogP contribution in [-0.2, 0) is 11.2 Å². The van der Waals surface area contributed by atoms with Gasteiger partial charge in [0.25, 0.3) is 0 Å². The molecule has 0 bridgehead atoms. The molecule has 1 rings (SSSR count). The number of aliphatic carboxylic acids is 1. The lowest BCUT2D eigenvalue weighted by Crippen LogP contribution is -1.89. The van der Waals surface area contributed by atoms with Gasteiger partial charge in [0.1, 0.15) is 0 Å². The summed E-state index contributed by atoms with van der Waals surface area (Å²) < 4.78 is 0. The summed E-state index contributed by atoms with van der Waals surface area (Å²) in [4.78, 5) is 12.9. The molecule has 0 radical (unpaired) electrons. The van der Waals surface area contributed by atoms with Crippen LogP contribution in [0.1, 0.15) is 30.5 Å². The zero-order valence-corrected chi connectivity index (χ0v) is 10.1. The van der Waals surface area contributed by atoms with Crippen LogP contribution in [0.5, 0.6) is 0 Å². The summed E-state index contributed by atoms with van der Waals surface area (Å²) in [6.45, 7) is 6.19. The van der Waals surface area contributed by atoms with Crippen molar-refractivity contribution in [1.82, 2.24) is 0 Å². The zero-order valence-electron chi connectivity index (χ0n) is 9.28. The first-order valence-corrected chi connectivity index (χ1v) is 5.81. The van der Waals surface area contributed by atoms with Gasteiger partial charge >= 0.3 is 5.97 Å². The molecule has 2 nitrogen and oxygen atoms in total. The first-order valence-electron chi connectivity index (χ1n) is 4.99. The molecule has 1 aromatic heterocycles. The van der Waals surface area contributed by atoms with Crippen molar-refractivity contribution in [3.63, 3.8) is 0 Å². The van der Waals surface area contributed by atoms with Gasteiger partial charge in [0.2, 0.25) is 0 Å². The fraction of sp³-hybridized carbons (Fsp3) is 0.417. The van der Waals surface area contributed by atoms with Gasteiger partial charge in [-0.3, -0.25) is 0 Å². The molecule has 0 aliphatic carbocycles. The average Bonchev–Trinajstić information content (AvgIpc) is 2.50. The number of hydrogen-bond donors (Lipinski definition) is 1. The molecule has 3 heteroatoms. The van der Waals surface area contributed by atoms with Crippen LogP contribution in [-0.4, -0.2) is 11.1 Å². The molecule has 1 N–H and O–H groups in total. The van der Waals surface area contributed by atoms with Crippen LogP contribution >= 0.6 is 11.3 Å². The summed E-state index contributed by atoms with van der Waals surface area (Å²) in [7, 11) is 0. The predicted molar refractivity (Wildman–Crippen MR) is 64.1 cm³/mol. The highest BCUT2D eigenvalue weighted by Gasteiger charge is 2.04. The van der Waals surface area contributed by atoms with Crippen LogP contribution in [0.15, 0.2) is 18.2 Å². The van der Waals surface area contributed by atoms with E-state index in [-0.39, 0.29) is 0 Å². The van der Waals surface area contributed by atoms with E-state index in [9.17, 15) is 4.79 Å². The summed E-state index contributed by atoms with van der Waals surface area (Å²) in [6.07, 6.45) is 2.32. The molecule has 0 amide bonds. The van der Waals surface area contributed by atoms with Crippen molar-refractivity contribution in [2.75, 3.05) is 0 Å². The lowest BCUT2D eigenvalue weighted by molar-refractivity contribution is -0.131. The standard InChI is InChI=1S/C12H16O2S/c1-8(2)6-10-4-5-11(15-10)9(3)7-12(13)14/h4-5,7-8H,6H2,1-3H3,(H,13,14)/b9-7+. The lowest BCUT2D eigenvalue weighted by Gasteiger charge is -2.00. The predicted octanol–water partition coefficient (Wildman–Crippen LogP) is 3.43. The average molecular weight is 224 g/mol. The Morgan fingerprint density at radius 3 is 2.73 bits per heavy atom. The van der Waals surface area contributed by atoms with E-state index >= 15 is 0 Å². The molecule has 0 aromatic carbocycles. The van der Waals surface area contributed by atoms with Gasteiger partial charge < -0.3 is 5.11 Å². The number of carbonyl (C=O) groups is 1. The van der Waals surface area contributed by atoms with Crippen LogP contribution in [0.4, 0.5) is 0 Å². The maximum absolute atomic E-state index is 10.5. The van der Waals surface area contributed by atoms with E-state index in [4.69, 9.17) is 5.11 Å². The van der Waals surface area contributed by atoms with Gasteiger partial charge in [-0.2, -0.15) is 0 Å². The van der Waals surface area contributed by atoms with Crippen LogP contribution in [0, 0.1) is 5.92 Å². The Hall–Kier alpha value is -1.09. The van der Waals surface area contributed by atoms with Crippen LogP contribution in [0.25, 0.3) is 5.57 Å². The second-order valence-electron chi connectivity index (χ2n) is 4.03. The molecular formula is C12H16O2S. The molecular weight excluding hydrogens is 208 g/mol. The van der Waals surface area contributed by atoms with Crippen molar-refractivity contribution in [3.05, 3.63) is 28.0 Å². The SMILES string of the molecule is C/C(=C\C(=O)O)c1ccc(CC(C)C)s1. The topological polar surface area (TPSA) is 37.3 Å². The number of carboxylic acids is 1. The molecule has 0 saturated carbocycles. The summed E-state index contributed by atoms with van der Waals surface area (Å²) in [5.74, 6) is -0.244. The molecule has 0 spiro atoms. The number of thiophene rings is 1. The lowest BCUT2D eigenvalue weighted by atomic mass is 10.1. The minimum Gasteiger partial charge on any atom is -0.478 e. The zero-order chi connectivity index (χ0) is 11.4. The largest absolute Gasteiger partial charge is 0.478 e. The van der Waals surface area contributed by atoms with E-state index in [2.05, 4.69) is 19.9 Å². The molecule has 15 heavy (non-hydrogen) atoms. The fourth-order valence-corrected chi connectivity index (χ4v) is 2.55. The maximum atomic E-state index is 10.5. The first kappa shape index (κ1) is 12.0. The third-order valence-corrected chi connectivity index (χ3v) is 3.24. The molecule has 1 aromatic rings. The normalized spacial score (nSPS) is 12.1. The Kier molecular flexibility index (Phi) is 4.09. The van der Waals surface area contributed by atoms with E-state index in [1.54, 1.807) is 11.3 Å². The van der Waals surface area contributed by atoms with E-state index in [0.717, 1.165) is 16.9 Å². The minimum atomic E-state index is -0.883. The highest BCUT2D eigenvalue weighted by molar-refractivity contribution is 7.13. The molecule has 0 fully saturated rings. The van der Waals surface area contributed by atoms with Gasteiger partial charge in [-0.1, -0.05) is 13.8 Å². The van der Waals surface area contributed by atoms with Crippen LogP contribution < -0.4 is 0 Å². The van der Waals surface area contributed by atoms with Crippen molar-refractivity contribution in [3.8, 4) is 0 Å². The van der Waals surface area contributed by atoms with Crippen molar-refractivity contribution in [2.45, 2.75) is 27.2 Å². The Bertz CT molecular complexity index is 375. The summed E-state index contributed by atoms with van der Waals surface area (Å²) in [5, 5.41) is 8.63. The first-order chi connectivity index (χ1) is 6.99. The van der Waals surface area contributed by atoms with Crippen molar-refractivity contribution in [1.29, 1.82) is 0 Å². The maximum Gasteiger partial charge on any atom is 0.328 e. The van der Waals surface area contributed by atoms with Crippen LogP contribution in [0.2, 0.25) is 0 Å². The van der Waals surface area contributed by atoms with Gasteiger partial charge in [0.05, 0.1) is 0 Å². The second-order valence-corrected chi connectivity index (χ2v) is 5.20. The summed E-state index contributed by atoms with van der Waals surface area (Å²) >= 11 is 1.68. The summed E-state index contributed by atoms with van der Waals surface area (Å²) in [5.41, 5.74) is 0.822. The van der Waals surface area contributed by atoms with Gasteiger partial charge in [-0.25, -0.2) is 4.79 Å². The quantitative estimate of drug-likeness (QED) is 0.795. The smallest absolute Gasteiger partial charge is 0.328 e. The molecule has 0 aliphatic rings.